The molecule has 0 radical (unpaired) electrons. The number of nitrogens with one attached hydrogen (secondary N) is 2. The summed E-state index contributed by atoms with van der Waals surface area (Å²) in [5.41, 5.74) is 0.253. The molecule has 2 atom stereocenters. The minimum absolute atomic E-state index is 0.0908. The van der Waals surface area contributed by atoms with Crippen LogP contribution >= 0.6 is 0 Å². The Bertz CT molecular complexity index is 870. The second-order valence-corrected chi connectivity index (χ2v) is 9.31. The van der Waals surface area contributed by atoms with E-state index in [9.17, 15) is 23.1 Å². The fourth-order valence-corrected chi connectivity index (χ4v) is 5.34. The number of hydrogen-bond donors (Lipinski definition) is 3. The highest BCUT2D eigenvalue weighted by molar-refractivity contribution is 7.89. The zero-order valence-electron chi connectivity index (χ0n) is 15.5. The van der Waals surface area contributed by atoms with E-state index >= 15 is 0 Å². The van der Waals surface area contributed by atoms with Gasteiger partial charge in [0.05, 0.1) is 16.9 Å². The quantitative estimate of drug-likeness (QED) is 0.663. The number of fused-ring (bicyclic) bond motifs is 1. The van der Waals surface area contributed by atoms with E-state index < -0.39 is 21.4 Å². The van der Waals surface area contributed by atoms with Gasteiger partial charge < -0.3 is 10.4 Å². The number of rotatable bonds is 6. The average Bonchev–Trinajstić information content (AvgIpc) is 3.14. The normalized spacial score (nSPS) is 25.3. The Kier molecular flexibility index (Phi) is 5.29. The van der Waals surface area contributed by atoms with Crippen molar-refractivity contribution in [2.75, 3.05) is 32.0 Å². The van der Waals surface area contributed by atoms with Gasteiger partial charge in [-0.3, -0.25) is 14.5 Å². The first-order valence-corrected chi connectivity index (χ1v) is 10.5. The fourth-order valence-electron chi connectivity index (χ4n) is 4.34. The van der Waals surface area contributed by atoms with E-state index in [1.165, 1.54) is 13.1 Å². The summed E-state index contributed by atoms with van der Waals surface area (Å²) >= 11 is 0. The summed E-state index contributed by atoms with van der Waals surface area (Å²) in [6.07, 6.45) is 2.46. The van der Waals surface area contributed by atoms with Gasteiger partial charge in [0.25, 0.3) is 0 Å². The van der Waals surface area contributed by atoms with Crippen LogP contribution in [0.3, 0.4) is 0 Å². The lowest BCUT2D eigenvalue weighted by molar-refractivity contribution is -0.149. The largest absolute Gasteiger partial charge is 0.481 e. The topological polar surface area (TPSA) is 116 Å². The number of carbonyl (C=O) groups is 2. The van der Waals surface area contributed by atoms with E-state index in [1.807, 2.05) is 4.90 Å². The fraction of sp³-hybridized carbons (Fsp3) is 0.556. The van der Waals surface area contributed by atoms with E-state index in [0.29, 0.717) is 30.8 Å². The van der Waals surface area contributed by atoms with Crippen LogP contribution in [0.15, 0.2) is 23.1 Å². The minimum Gasteiger partial charge on any atom is -0.481 e. The van der Waals surface area contributed by atoms with Gasteiger partial charge in [-0.2, -0.15) is 0 Å². The molecular weight excluding hydrogens is 370 g/mol. The number of carbonyl (C=O) groups excluding carboxylic acids is 1. The second kappa shape index (κ2) is 7.21. The molecule has 0 unspecified atom stereocenters. The molecular formula is C18H25N3O5S. The summed E-state index contributed by atoms with van der Waals surface area (Å²) in [6, 6.07) is 4.72. The molecule has 1 heterocycles. The lowest BCUT2D eigenvalue weighted by Crippen LogP contribution is -2.37. The maximum absolute atomic E-state index is 12.4. The summed E-state index contributed by atoms with van der Waals surface area (Å²) < 4.78 is 26.4. The zero-order valence-corrected chi connectivity index (χ0v) is 16.3. The molecule has 8 nitrogen and oxygen atoms in total. The first kappa shape index (κ1) is 19.8. The molecule has 27 heavy (non-hydrogen) atoms. The van der Waals surface area contributed by atoms with Crippen molar-refractivity contribution in [2.24, 2.45) is 11.3 Å². The number of likely N-dealkylation sites (tertiary alicyclic amines) is 1. The monoisotopic (exact) mass is 395 g/mol. The molecule has 1 saturated heterocycles. The Morgan fingerprint density at radius 2 is 2.11 bits per heavy atom. The van der Waals surface area contributed by atoms with E-state index in [1.54, 1.807) is 19.1 Å². The molecule has 1 aromatic carbocycles. The third-order valence-corrected chi connectivity index (χ3v) is 7.32. The Morgan fingerprint density at radius 1 is 1.37 bits per heavy atom. The van der Waals surface area contributed by atoms with E-state index in [2.05, 4.69) is 10.0 Å². The first-order valence-electron chi connectivity index (χ1n) is 8.98. The Morgan fingerprint density at radius 3 is 2.74 bits per heavy atom. The van der Waals surface area contributed by atoms with Gasteiger partial charge in [-0.1, -0.05) is 12.5 Å². The predicted molar refractivity (Wildman–Crippen MR) is 99.9 cm³/mol. The molecule has 148 valence electrons. The number of carboxylic acids is 1. The van der Waals surface area contributed by atoms with Gasteiger partial charge in [-0.05, 0) is 50.4 Å². The molecule has 0 aromatic heterocycles. The van der Waals surface area contributed by atoms with Crippen LogP contribution in [0.1, 0.15) is 24.8 Å². The standard InChI is InChI=1S/C18H25N3O5S/c1-12-5-6-14(8-15(12)27(25,26)19-2)20-16(22)10-21-9-13-4-3-7-18(13,11-21)17(23)24/h5-6,8,13,19H,3-4,7,9-11H2,1-2H3,(H,20,22)(H,23,24)/t13-,18+/m0/s1. The van der Waals surface area contributed by atoms with Crippen LogP contribution in [-0.2, 0) is 19.6 Å². The van der Waals surface area contributed by atoms with Crippen molar-refractivity contribution in [2.45, 2.75) is 31.1 Å². The number of carboxylic acid groups (broad SMARTS) is 1. The zero-order chi connectivity index (χ0) is 19.8. The van der Waals surface area contributed by atoms with E-state index in [4.69, 9.17) is 0 Å². The summed E-state index contributed by atoms with van der Waals surface area (Å²) in [5.74, 6) is -0.963. The maximum atomic E-state index is 12.4. The number of amides is 1. The van der Waals surface area contributed by atoms with E-state index in [0.717, 1.165) is 12.8 Å². The predicted octanol–water partition coefficient (Wildman–Crippen LogP) is 1.03. The lowest BCUT2D eigenvalue weighted by Gasteiger charge is -2.23. The summed E-state index contributed by atoms with van der Waals surface area (Å²) in [5, 5.41) is 12.3. The molecule has 1 aliphatic heterocycles. The minimum atomic E-state index is -3.61. The highest BCUT2D eigenvalue weighted by Crippen LogP contribution is 2.48. The van der Waals surface area contributed by atoms with Gasteiger partial charge in [0.15, 0.2) is 0 Å². The van der Waals surface area contributed by atoms with Crippen LogP contribution in [0.25, 0.3) is 0 Å². The number of sulfonamides is 1. The molecule has 1 amide bonds. The van der Waals surface area contributed by atoms with Gasteiger partial charge in [0.1, 0.15) is 0 Å². The molecule has 3 rings (SSSR count). The SMILES string of the molecule is CNS(=O)(=O)c1cc(NC(=O)CN2C[C@@H]3CCC[C@@]3(C(=O)O)C2)ccc1C. The highest BCUT2D eigenvalue weighted by atomic mass is 32.2. The number of anilines is 1. The van der Waals surface area contributed by atoms with Gasteiger partial charge in [-0.15, -0.1) is 0 Å². The third-order valence-electron chi connectivity index (χ3n) is 5.76. The molecule has 1 aliphatic carbocycles. The van der Waals surface area contributed by atoms with Crippen LogP contribution < -0.4 is 10.0 Å². The van der Waals surface area contributed by atoms with Gasteiger partial charge in [0, 0.05) is 18.8 Å². The van der Waals surface area contributed by atoms with Crippen molar-refractivity contribution in [3.63, 3.8) is 0 Å². The van der Waals surface area contributed by atoms with Crippen molar-refractivity contribution in [1.82, 2.24) is 9.62 Å². The number of nitrogens with zero attached hydrogens (tertiary/aromatic N) is 1. The summed E-state index contributed by atoms with van der Waals surface area (Å²) in [4.78, 5) is 26.1. The lowest BCUT2D eigenvalue weighted by atomic mass is 9.81. The maximum Gasteiger partial charge on any atom is 0.311 e. The van der Waals surface area contributed by atoms with Crippen LogP contribution in [0, 0.1) is 18.3 Å². The number of hydrogen-bond acceptors (Lipinski definition) is 5. The van der Waals surface area contributed by atoms with Crippen LogP contribution in [0.4, 0.5) is 5.69 Å². The van der Waals surface area contributed by atoms with Crippen molar-refractivity contribution in [3.8, 4) is 0 Å². The Labute approximate surface area is 159 Å². The second-order valence-electron chi connectivity index (χ2n) is 7.46. The summed E-state index contributed by atoms with van der Waals surface area (Å²) in [6.45, 7) is 2.76. The molecule has 0 spiro atoms. The van der Waals surface area contributed by atoms with Gasteiger partial charge >= 0.3 is 5.97 Å². The van der Waals surface area contributed by atoms with Crippen molar-refractivity contribution >= 4 is 27.6 Å². The van der Waals surface area contributed by atoms with Crippen molar-refractivity contribution in [3.05, 3.63) is 23.8 Å². The first-order chi connectivity index (χ1) is 12.7. The Balaban J connectivity index is 1.67. The Hall–Kier alpha value is -1.97. The average molecular weight is 395 g/mol. The van der Waals surface area contributed by atoms with Gasteiger partial charge in [0.2, 0.25) is 15.9 Å². The third kappa shape index (κ3) is 3.71. The number of aliphatic carboxylic acids is 1. The number of aryl methyl sites for hydroxylation is 1. The van der Waals surface area contributed by atoms with Crippen molar-refractivity contribution in [1.29, 1.82) is 0 Å². The van der Waals surface area contributed by atoms with E-state index in [-0.39, 0.29) is 23.3 Å². The van der Waals surface area contributed by atoms with Crippen LogP contribution in [-0.4, -0.2) is 57.0 Å². The van der Waals surface area contributed by atoms with Crippen LogP contribution in [0.2, 0.25) is 0 Å². The molecule has 1 saturated carbocycles. The molecule has 2 aliphatic rings. The summed E-state index contributed by atoms with van der Waals surface area (Å²) in [7, 11) is -2.28. The molecule has 9 heteroatoms. The van der Waals surface area contributed by atoms with Crippen molar-refractivity contribution < 1.29 is 23.1 Å². The molecule has 0 bridgehead atoms. The molecule has 2 fully saturated rings. The van der Waals surface area contributed by atoms with Crippen LogP contribution in [0.5, 0.6) is 0 Å². The molecule has 3 N–H and O–H groups in total. The smallest absolute Gasteiger partial charge is 0.311 e. The number of benzene rings is 1. The molecule has 1 aromatic rings. The highest BCUT2D eigenvalue weighted by Gasteiger charge is 2.54. The van der Waals surface area contributed by atoms with Gasteiger partial charge in [-0.25, -0.2) is 13.1 Å².